The summed E-state index contributed by atoms with van der Waals surface area (Å²) < 4.78 is 10.5. The second-order valence-corrected chi connectivity index (χ2v) is 4.29. The van der Waals surface area contributed by atoms with Crippen LogP contribution in [0, 0.1) is 0 Å². The van der Waals surface area contributed by atoms with Crippen LogP contribution in [0.2, 0.25) is 0 Å². The van der Waals surface area contributed by atoms with Crippen molar-refractivity contribution in [2.24, 2.45) is 0 Å². The molecular weight excluding hydrogens is 224 g/mol. The molecule has 0 saturated heterocycles. The second kappa shape index (κ2) is 4.50. The molecule has 17 heavy (non-hydrogen) atoms. The number of fused-ring (bicyclic) bond motifs is 1. The Labute approximate surface area is 98.6 Å². The summed E-state index contributed by atoms with van der Waals surface area (Å²) in [6.45, 7) is 3.62. The highest BCUT2D eigenvalue weighted by molar-refractivity contribution is 5.36. The monoisotopic (exact) mass is 240 g/mol. The van der Waals surface area contributed by atoms with Gasteiger partial charge < -0.3 is 19.4 Å². The molecule has 2 N–H and O–H groups in total. The molecule has 0 saturated carbocycles. The first-order chi connectivity index (χ1) is 8.04. The van der Waals surface area contributed by atoms with Gasteiger partial charge in [0, 0.05) is 12.5 Å². The van der Waals surface area contributed by atoms with E-state index in [0.717, 1.165) is 6.42 Å². The number of aliphatic hydroxyl groups is 2. The molecule has 5 heteroatoms. The first kappa shape index (κ1) is 12.1. The van der Waals surface area contributed by atoms with Crippen LogP contribution in [0.3, 0.4) is 0 Å². The van der Waals surface area contributed by atoms with Crippen molar-refractivity contribution >= 4 is 0 Å². The molecule has 2 heterocycles. The molecule has 0 fully saturated rings. The molecule has 1 aromatic heterocycles. The Morgan fingerprint density at radius 2 is 2.12 bits per heavy atom. The van der Waals surface area contributed by atoms with Crippen LogP contribution in [-0.2, 0) is 6.42 Å². The number of hydrogen-bond donors (Lipinski definition) is 2. The fourth-order valence-corrected chi connectivity index (χ4v) is 1.96. The average Bonchev–Trinajstić information content (AvgIpc) is 2.25. The number of ether oxygens (including phenoxy) is 1. The Morgan fingerprint density at radius 3 is 2.76 bits per heavy atom. The summed E-state index contributed by atoms with van der Waals surface area (Å²) in [5, 5.41) is 19.4. The van der Waals surface area contributed by atoms with Crippen LogP contribution in [0.5, 0.6) is 5.75 Å². The molecule has 0 spiro atoms. The highest BCUT2D eigenvalue weighted by Crippen LogP contribution is 2.33. The highest BCUT2D eigenvalue weighted by atomic mass is 16.5. The van der Waals surface area contributed by atoms with Gasteiger partial charge in [-0.3, -0.25) is 0 Å². The van der Waals surface area contributed by atoms with Crippen molar-refractivity contribution in [2.45, 2.75) is 45.0 Å². The molecule has 2 rings (SSSR count). The average molecular weight is 240 g/mol. The van der Waals surface area contributed by atoms with Gasteiger partial charge in [-0.25, -0.2) is 4.79 Å². The molecule has 3 unspecified atom stereocenters. The zero-order valence-corrected chi connectivity index (χ0v) is 9.84. The van der Waals surface area contributed by atoms with Crippen LogP contribution in [0.1, 0.15) is 37.7 Å². The second-order valence-electron chi connectivity index (χ2n) is 4.29. The van der Waals surface area contributed by atoms with Gasteiger partial charge in [0.1, 0.15) is 35.4 Å². The predicted octanol–water partition coefficient (Wildman–Crippen LogP) is 0.767. The van der Waals surface area contributed by atoms with Crippen molar-refractivity contribution in [3.05, 3.63) is 27.8 Å². The molecule has 1 aromatic rings. The lowest BCUT2D eigenvalue weighted by Crippen LogP contribution is -2.41. The summed E-state index contributed by atoms with van der Waals surface area (Å²) in [7, 11) is 0. The standard InChI is InChI=1S/C12H16O5/c1-3-4-7-5-8-9(12(15)17-7)11(14)10(13)6(2)16-8/h5-6,10-11,13-14H,3-4H2,1-2H3. The van der Waals surface area contributed by atoms with E-state index >= 15 is 0 Å². The minimum atomic E-state index is -1.25. The first-order valence-corrected chi connectivity index (χ1v) is 5.74. The van der Waals surface area contributed by atoms with Gasteiger partial charge in [-0.15, -0.1) is 0 Å². The maximum atomic E-state index is 11.7. The van der Waals surface area contributed by atoms with Gasteiger partial charge >= 0.3 is 5.63 Å². The lowest BCUT2D eigenvalue weighted by atomic mass is 9.98. The molecular formula is C12H16O5. The summed E-state index contributed by atoms with van der Waals surface area (Å²) in [6.07, 6.45) is -1.42. The number of aliphatic hydroxyl groups excluding tert-OH is 2. The van der Waals surface area contributed by atoms with Gasteiger partial charge in [-0.1, -0.05) is 6.92 Å². The Hall–Kier alpha value is -1.33. The fraction of sp³-hybridized carbons (Fsp3) is 0.583. The van der Waals surface area contributed by atoms with E-state index in [-0.39, 0.29) is 5.56 Å². The molecule has 0 aliphatic carbocycles. The van der Waals surface area contributed by atoms with Crippen LogP contribution >= 0.6 is 0 Å². The van der Waals surface area contributed by atoms with Crippen LogP contribution in [0.15, 0.2) is 15.3 Å². The molecule has 5 nitrogen and oxygen atoms in total. The van der Waals surface area contributed by atoms with Crippen molar-refractivity contribution in [3.8, 4) is 5.75 Å². The maximum Gasteiger partial charge on any atom is 0.345 e. The lowest BCUT2D eigenvalue weighted by molar-refractivity contribution is -0.0637. The smallest absolute Gasteiger partial charge is 0.345 e. The van der Waals surface area contributed by atoms with E-state index in [4.69, 9.17) is 9.15 Å². The van der Waals surface area contributed by atoms with Crippen LogP contribution in [-0.4, -0.2) is 22.4 Å². The Balaban J connectivity index is 2.49. The normalized spacial score (nSPS) is 27.4. The third kappa shape index (κ3) is 2.08. The van der Waals surface area contributed by atoms with Crippen LogP contribution in [0.25, 0.3) is 0 Å². The minimum absolute atomic E-state index is 0.00968. The van der Waals surface area contributed by atoms with Gasteiger partial charge in [0.25, 0.3) is 0 Å². The maximum absolute atomic E-state index is 11.7. The Morgan fingerprint density at radius 1 is 1.41 bits per heavy atom. The summed E-state index contributed by atoms with van der Waals surface area (Å²) in [5.41, 5.74) is -0.625. The topological polar surface area (TPSA) is 79.9 Å². The Bertz CT molecular complexity index is 464. The molecule has 0 aromatic carbocycles. The minimum Gasteiger partial charge on any atom is -0.487 e. The molecule has 1 aliphatic heterocycles. The molecule has 0 bridgehead atoms. The van der Waals surface area contributed by atoms with Gasteiger partial charge in [0.2, 0.25) is 0 Å². The third-order valence-electron chi connectivity index (χ3n) is 2.91. The van der Waals surface area contributed by atoms with E-state index in [9.17, 15) is 15.0 Å². The van der Waals surface area contributed by atoms with E-state index < -0.39 is 23.9 Å². The number of hydrogen-bond acceptors (Lipinski definition) is 5. The molecule has 0 radical (unpaired) electrons. The molecule has 3 atom stereocenters. The third-order valence-corrected chi connectivity index (χ3v) is 2.91. The van der Waals surface area contributed by atoms with Gasteiger partial charge in [-0.2, -0.15) is 0 Å². The summed E-state index contributed by atoms with van der Waals surface area (Å²) in [4.78, 5) is 11.7. The highest BCUT2D eigenvalue weighted by Gasteiger charge is 2.36. The summed E-state index contributed by atoms with van der Waals surface area (Å²) in [5.74, 6) is 0.849. The zero-order valence-electron chi connectivity index (χ0n) is 9.84. The van der Waals surface area contributed by atoms with Gasteiger partial charge in [0.15, 0.2) is 0 Å². The van der Waals surface area contributed by atoms with Crippen molar-refractivity contribution in [1.82, 2.24) is 0 Å². The largest absolute Gasteiger partial charge is 0.487 e. The van der Waals surface area contributed by atoms with E-state index in [1.165, 1.54) is 0 Å². The van der Waals surface area contributed by atoms with Crippen molar-refractivity contribution in [3.63, 3.8) is 0 Å². The van der Waals surface area contributed by atoms with Crippen LogP contribution < -0.4 is 10.4 Å². The van der Waals surface area contributed by atoms with E-state index in [2.05, 4.69) is 0 Å². The molecule has 1 aliphatic rings. The molecule has 0 amide bonds. The predicted molar refractivity (Wildman–Crippen MR) is 60.0 cm³/mol. The quantitative estimate of drug-likeness (QED) is 0.798. The van der Waals surface area contributed by atoms with Gasteiger partial charge in [0.05, 0.1) is 0 Å². The summed E-state index contributed by atoms with van der Waals surface area (Å²) in [6, 6.07) is 1.62. The first-order valence-electron chi connectivity index (χ1n) is 5.74. The molecule has 94 valence electrons. The summed E-state index contributed by atoms with van der Waals surface area (Å²) >= 11 is 0. The number of aryl methyl sites for hydroxylation is 1. The van der Waals surface area contributed by atoms with E-state index in [1.807, 2.05) is 6.92 Å². The van der Waals surface area contributed by atoms with Crippen molar-refractivity contribution < 1.29 is 19.4 Å². The van der Waals surface area contributed by atoms with E-state index in [1.54, 1.807) is 13.0 Å². The zero-order chi connectivity index (χ0) is 12.6. The van der Waals surface area contributed by atoms with Crippen LogP contribution in [0.4, 0.5) is 0 Å². The SMILES string of the molecule is CCCc1cc2c(c(=O)o1)C(O)C(O)C(C)O2. The lowest BCUT2D eigenvalue weighted by Gasteiger charge is -2.31. The van der Waals surface area contributed by atoms with Crippen molar-refractivity contribution in [2.75, 3.05) is 0 Å². The fourth-order valence-electron chi connectivity index (χ4n) is 1.96. The van der Waals surface area contributed by atoms with Gasteiger partial charge in [-0.05, 0) is 13.3 Å². The Kier molecular flexibility index (Phi) is 3.22. The number of rotatable bonds is 2. The van der Waals surface area contributed by atoms with Crippen molar-refractivity contribution in [1.29, 1.82) is 0 Å². The van der Waals surface area contributed by atoms with E-state index in [0.29, 0.717) is 17.9 Å².